The van der Waals surface area contributed by atoms with Gasteiger partial charge in [-0.3, -0.25) is 34.4 Å². The monoisotopic (exact) mass is 911 g/mol. The number of allylic oxidation sites excluding steroid dienone is 1. The van der Waals surface area contributed by atoms with Crippen molar-refractivity contribution in [2.45, 2.75) is 95.8 Å². The minimum Gasteiger partial charge on any atom is -0.404 e. The van der Waals surface area contributed by atoms with Gasteiger partial charge in [-0.1, -0.05) is 6.07 Å². The predicted octanol–water partition coefficient (Wildman–Crippen LogP) is 4.38. The lowest BCUT2D eigenvalue weighted by molar-refractivity contribution is -0.479. The molecule has 0 saturated carbocycles. The zero-order valence-corrected chi connectivity index (χ0v) is 38.1. The highest BCUT2D eigenvalue weighted by molar-refractivity contribution is 6.25. The lowest BCUT2D eigenvalue weighted by atomic mass is 9.91. The Morgan fingerprint density at radius 2 is 1.76 bits per heavy atom. The molecule has 0 bridgehead atoms. The van der Waals surface area contributed by atoms with Crippen LogP contribution in [0.25, 0.3) is 5.57 Å². The first kappa shape index (κ1) is 46.5. The lowest BCUT2D eigenvalue weighted by Gasteiger charge is -2.43. The van der Waals surface area contributed by atoms with Crippen LogP contribution in [-0.4, -0.2) is 140 Å². The molecule has 3 fully saturated rings. The number of piperidine rings is 2. The van der Waals surface area contributed by atoms with Crippen molar-refractivity contribution in [1.82, 2.24) is 25.3 Å². The summed E-state index contributed by atoms with van der Waals surface area (Å²) in [4.78, 5) is 90.7. The number of hydrogen-bond acceptors (Lipinski definition) is 12. The van der Waals surface area contributed by atoms with Gasteiger partial charge in [-0.05, 0) is 93.3 Å². The first-order valence-electron chi connectivity index (χ1n) is 23.3. The molecule has 2 aromatic rings. The number of anilines is 2. The van der Waals surface area contributed by atoms with Gasteiger partial charge in [0.1, 0.15) is 6.17 Å². The third-order valence-corrected chi connectivity index (χ3v) is 14.3. The molecule has 6 aliphatic heterocycles. The molecule has 6 aliphatic rings. The number of nitroso groups, excluding NO2 is 1. The highest BCUT2D eigenvalue weighted by Crippen LogP contribution is 2.40. The van der Waals surface area contributed by atoms with Crippen LogP contribution in [0.15, 0.2) is 52.8 Å². The van der Waals surface area contributed by atoms with Gasteiger partial charge in [0.05, 0.1) is 21.6 Å². The van der Waals surface area contributed by atoms with Crippen molar-refractivity contribution in [3.05, 3.63) is 80.5 Å². The van der Waals surface area contributed by atoms with Gasteiger partial charge in [0.2, 0.25) is 18.4 Å². The largest absolute Gasteiger partial charge is 0.455 e. The molecule has 352 valence electrons. The molecule has 2 atom stereocenters. The number of aryl methyl sites for hydroxylation is 1. The molecule has 0 aliphatic carbocycles. The van der Waals surface area contributed by atoms with Gasteiger partial charge >= 0.3 is 5.91 Å². The summed E-state index contributed by atoms with van der Waals surface area (Å²) in [5.41, 5.74) is 11.5. The van der Waals surface area contributed by atoms with Gasteiger partial charge in [0.15, 0.2) is 6.04 Å². The standard InChI is InChI=1S/C48H61F2N10O6/c1-29(61)56-21-16-38(37(28-56)45(53-3)58-17-6-9-31-22-35(32(24-51)25-52-2)36(44(49)50)23-41(31)58)54-33-14-19-55(20-15-33)42(62)13-4-8-30-26-57(27-30)39-11-5-10-34-43(39)48(65)60(46(34)63)40-12-7-18-59(66)47(40)64/h5,10-11,22-25,30,33,40,44-45,53-54H,4,6-9,12-21,26-28,51H2,1-3H3/q+1/b32-24+,52-25?. The number of nitrogens with zero attached hydrogens (tertiary/aromatic N) is 7. The molecule has 2 unspecified atom stereocenters. The first-order valence-corrected chi connectivity index (χ1v) is 23.3. The maximum atomic E-state index is 14.7. The van der Waals surface area contributed by atoms with Crippen LogP contribution in [0.5, 0.6) is 0 Å². The van der Waals surface area contributed by atoms with E-state index in [4.69, 9.17) is 5.73 Å². The predicted molar refractivity (Wildman–Crippen MR) is 246 cm³/mol. The maximum Gasteiger partial charge on any atom is 0.455 e. The van der Waals surface area contributed by atoms with Crippen LogP contribution in [-0.2, 0) is 20.8 Å². The first-order chi connectivity index (χ1) is 31.8. The summed E-state index contributed by atoms with van der Waals surface area (Å²) in [6.07, 6.45) is 6.09. The van der Waals surface area contributed by atoms with E-state index in [1.165, 1.54) is 12.4 Å². The molecule has 6 heterocycles. The van der Waals surface area contributed by atoms with Gasteiger partial charge in [-0.2, -0.15) is 0 Å². The molecule has 8 rings (SSSR count). The average Bonchev–Trinajstić information content (AvgIpc) is 3.56. The zero-order chi connectivity index (χ0) is 46.8. The van der Waals surface area contributed by atoms with E-state index >= 15 is 0 Å². The molecule has 0 aromatic heterocycles. The van der Waals surface area contributed by atoms with E-state index in [2.05, 4.69) is 25.4 Å². The Balaban J connectivity index is 0.863. The molecular formula is C48H61F2N10O6+. The number of carbonyl (C=O) groups excluding carboxylic acids is 5. The molecule has 3 saturated heterocycles. The van der Waals surface area contributed by atoms with Crippen LogP contribution in [0.1, 0.15) is 109 Å². The topological polar surface area (TPSA) is 184 Å². The second-order valence-electron chi connectivity index (χ2n) is 18.3. The second-order valence-corrected chi connectivity index (χ2v) is 18.3. The van der Waals surface area contributed by atoms with Gasteiger partial charge in [-0.15, -0.1) is 0 Å². The summed E-state index contributed by atoms with van der Waals surface area (Å²) < 4.78 is 29.7. The average molecular weight is 912 g/mol. The van der Waals surface area contributed by atoms with E-state index in [1.54, 1.807) is 32.2 Å². The number of likely N-dealkylation sites (N-methyl/N-ethyl adjacent to an activating group) is 1. The van der Waals surface area contributed by atoms with E-state index in [0.29, 0.717) is 92.6 Å². The molecule has 0 spiro atoms. The fourth-order valence-electron chi connectivity index (χ4n) is 10.8. The number of rotatable bonds is 14. The number of nitrogens with two attached hydrogens (primary N) is 1. The smallest absolute Gasteiger partial charge is 0.404 e. The van der Waals surface area contributed by atoms with Crippen molar-refractivity contribution < 1.29 is 37.5 Å². The number of halogens is 2. The Bertz CT molecular complexity index is 2370. The Morgan fingerprint density at radius 1 is 0.985 bits per heavy atom. The lowest BCUT2D eigenvalue weighted by Crippen LogP contribution is -2.54. The van der Waals surface area contributed by atoms with Crippen LogP contribution in [0.3, 0.4) is 0 Å². The molecule has 0 radical (unpaired) electrons. The maximum absolute atomic E-state index is 14.7. The van der Waals surface area contributed by atoms with E-state index in [1.807, 2.05) is 29.0 Å². The number of imide groups is 1. The summed E-state index contributed by atoms with van der Waals surface area (Å²) >= 11 is 0. The summed E-state index contributed by atoms with van der Waals surface area (Å²) in [6, 6.07) is 7.59. The van der Waals surface area contributed by atoms with Crippen LogP contribution in [0.4, 0.5) is 20.2 Å². The van der Waals surface area contributed by atoms with Crippen LogP contribution < -0.4 is 26.2 Å². The number of nitrogens with one attached hydrogen (secondary N) is 2. The quantitative estimate of drug-likeness (QED) is 0.139. The van der Waals surface area contributed by atoms with Crippen LogP contribution in [0, 0.1) is 10.8 Å². The number of benzene rings is 2. The SMILES string of the molecule is CN=C/C(=C\N)c1cc2c(cc1C(F)F)N(C(NC)C1=C(NC3CCN(C(=O)CCCC4CN(c5cccc6c5C(=O)N(C5CCC[N+](=O)C5=O)C6=O)C4)CC3)CCN(C(C)=O)C1)CCC2. The molecule has 2 aromatic carbocycles. The van der Waals surface area contributed by atoms with Gasteiger partial charge in [-0.25, -0.2) is 13.6 Å². The Kier molecular flexibility index (Phi) is 14.0. The van der Waals surface area contributed by atoms with Crippen molar-refractivity contribution in [2.75, 3.05) is 76.3 Å². The molecular weight excluding hydrogens is 851 g/mol. The van der Waals surface area contributed by atoms with E-state index in [-0.39, 0.29) is 53.7 Å². The molecule has 5 amide bonds. The van der Waals surface area contributed by atoms with Gasteiger partial charge in [0.25, 0.3) is 18.2 Å². The van der Waals surface area contributed by atoms with Crippen molar-refractivity contribution >= 4 is 52.7 Å². The summed E-state index contributed by atoms with van der Waals surface area (Å²) in [6.45, 7) is 5.82. The van der Waals surface area contributed by atoms with Crippen LogP contribution >= 0.6 is 0 Å². The molecule has 66 heavy (non-hydrogen) atoms. The van der Waals surface area contributed by atoms with Gasteiger partial charge < -0.3 is 30.7 Å². The van der Waals surface area contributed by atoms with Gasteiger partial charge in [0, 0.05) is 131 Å². The van der Waals surface area contributed by atoms with Crippen LogP contribution in [0.2, 0.25) is 0 Å². The van der Waals surface area contributed by atoms with Crippen molar-refractivity contribution in [3.63, 3.8) is 0 Å². The minimum absolute atomic E-state index is 0.0284. The highest BCUT2D eigenvalue weighted by Gasteiger charge is 2.51. The number of likely N-dealkylation sites (tertiary alicyclic amines) is 1. The third kappa shape index (κ3) is 9.07. The number of amides is 5. The van der Waals surface area contributed by atoms with Crippen molar-refractivity contribution in [1.29, 1.82) is 0 Å². The number of hydrogen-bond donors (Lipinski definition) is 3. The van der Waals surface area contributed by atoms with Crippen molar-refractivity contribution in [3.8, 4) is 0 Å². The van der Waals surface area contributed by atoms with Crippen molar-refractivity contribution in [2.24, 2.45) is 16.6 Å². The van der Waals surface area contributed by atoms with E-state index in [0.717, 1.165) is 65.9 Å². The molecule has 16 nitrogen and oxygen atoms in total. The summed E-state index contributed by atoms with van der Waals surface area (Å²) in [5, 5.41) is 7.29. The number of aliphatic imine (C=N–C) groups is 1. The fourth-order valence-corrected chi connectivity index (χ4v) is 10.8. The van der Waals surface area contributed by atoms with E-state index in [9.17, 15) is 37.7 Å². The number of carbonyl (C=O) groups is 5. The summed E-state index contributed by atoms with van der Waals surface area (Å²) in [5.74, 6) is -1.41. The third-order valence-electron chi connectivity index (χ3n) is 14.3. The fraction of sp³-hybridized carbons (Fsp3) is 0.542. The zero-order valence-electron chi connectivity index (χ0n) is 38.1. The summed E-state index contributed by atoms with van der Waals surface area (Å²) in [7, 11) is 3.44. The Labute approximate surface area is 383 Å². The molecule has 4 N–H and O–H groups in total. The number of alkyl halides is 2. The molecule has 18 heteroatoms. The minimum atomic E-state index is -2.73. The number of fused-ring (bicyclic) bond motifs is 2. The highest BCUT2D eigenvalue weighted by atomic mass is 19.3. The second kappa shape index (κ2) is 19.8. The van der Waals surface area contributed by atoms with E-state index < -0.39 is 30.2 Å². The normalized spacial score (nSPS) is 21.6. The Morgan fingerprint density at radius 3 is 2.45 bits per heavy atom. The Hall–Kier alpha value is -6.04.